The third-order valence-electron chi connectivity index (χ3n) is 2.44. The Bertz CT molecular complexity index is 632. The van der Waals surface area contributed by atoms with Gasteiger partial charge >= 0.3 is 0 Å². The van der Waals surface area contributed by atoms with E-state index in [1.165, 1.54) is 29.3 Å². The zero-order chi connectivity index (χ0) is 13.9. The van der Waals surface area contributed by atoms with E-state index in [2.05, 4.69) is 9.82 Å². The summed E-state index contributed by atoms with van der Waals surface area (Å²) in [5, 5.41) is 6.11. The first kappa shape index (κ1) is 14.2. The maximum atomic E-state index is 12.2. The van der Waals surface area contributed by atoms with Gasteiger partial charge in [-0.05, 0) is 11.4 Å². The summed E-state index contributed by atoms with van der Waals surface area (Å²) in [4.78, 5) is 1.02. The minimum Gasteiger partial charge on any atom is -0.383 e. The van der Waals surface area contributed by atoms with Gasteiger partial charge in [-0.2, -0.15) is 5.10 Å². The van der Waals surface area contributed by atoms with Crippen LogP contribution in [0.15, 0.2) is 28.6 Å². The molecule has 0 fully saturated rings. The van der Waals surface area contributed by atoms with Crippen molar-refractivity contribution in [2.75, 3.05) is 20.3 Å². The fraction of sp³-hybridized carbons (Fsp3) is 0.364. The third kappa shape index (κ3) is 3.21. The fourth-order valence-electron chi connectivity index (χ4n) is 1.60. The quantitative estimate of drug-likeness (QED) is 0.810. The van der Waals surface area contributed by atoms with Crippen molar-refractivity contribution in [3.63, 3.8) is 0 Å². The van der Waals surface area contributed by atoms with Crippen molar-refractivity contribution in [1.29, 1.82) is 0 Å². The number of ether oxygens (including phenoxy) is 1. The summed E-state index contributed by atoms with van der Waals surface area (Å²) in [6, 6.07) is 3.71. The Labute approximate surface area is 116 Å². The predicted molar refractivity (Wildman–Crippen MR) is 73.6 cm³/mol. The standard InChI is InChI=1S/C11H15N3O3S2/c1-14-8-10(19(15,16)12-5-6-17-2)11(13-14)9-4-3-7-18-9/h3-4,7-8,12H,5-6H2,1-2H3. The maximum absolute atomic E-state index is 12.2. The van der Waals surface area contributed by atoms with Crippen LogP contribution >= 0.6 is 11.3 Å². The number of nitrogens with one attached hydrogen (secondary N) is 1. The molecule has 0 radical (unpaired) electrons. The van der Waals surface area contributed by atoms with Crippen LogP contribution in [0, 0.1) is 0 Å². The van der Waals surface area contributed by atoms with Crippen molar-refractivity contribution in [2.45, 2.75) is 4.90 Å². The number of nitrogens with zero attached hydrogens (tertiary/aromatic N) is 2. The van der Waals surface area contributed by atoms with E-state index in [0.717, 1.165) is 4.88 Å². The van der Waals surface area contributed by atoms with Crippen molar-refractivity contribution in [3.8, 4) is 10.6 Å². The number of rotatable bonds is 6. The molecule has 2 aromatic rings. The number of sulfonamides is 1. The highest BCUT2D eigenvalue weighted by molar-refractivity contribution is 7.89. The average molecular weight is 301 g/mol. The highest BCUT2D eigenvalue weighted by Crippen LogP contribution is 2.29. The first-order chi connectivity index (χ1) is 9.04. The molecule has 1 N–H and O–H groups in total. The minimum absolute atomic E-state index is 0.188. The van der Waals surface area contributed by atoms with Crippen LogP contribution in [-0.2, 0) is 21.8 Å². The van der Waals surface area contributed by atoms with Crippen LogP contribution < -0.4 is 4.72 Å². The van der Waals surface area contributed by atoms with Crippen LogP contribution in [0.25, 0.3) is 10.6 Å². The van der Waals surface area contributed by atoms with E-state index in [4.69, 9.17) is 4.74 Å². The van der Waals surface area contributed by atoms with Gasteiger partial charge in [0.05, 0.1) is 11.5 Å². The summed E-state index contributed by atoms with van der Waals surface area (Å²) in [5.41, 5.74) is 0.474. The topological polar surface area (TPSA) is 73.2 Å². The summed E-state index contributed by atoms with van der Waals surface area (Å²) < 4.78 is 33.3. The molecule has 0 unspecified atom stereocenters. The fourth-order valence-corrected chi connectivity index (χ4v) is 3.60. The van der Waals surface area contributed by atoms with Crippen molar-refractivity contribution < 1.29 is 13.2 Å². The molecule has 8 heteroatoms. The van der Waals surface area contributed by atoms with E-state index >= 15 is 0 Å². The Morgan fingerprint density at radius 2 is 2.32 bits per heavy atom. The van der Waals surface area contributed by atoms with Crippen molar-refractivity contribution in [1.82, 2.24) is 14.5 Å². The van der Waals surface area contributed by atoms with Crippen LogP contribution in [0.1, 0.15) is 0 Å². The molecule has 2 aromatic heterocycles. The van der Waals surface area contributed by atoms with Crippen molar-refractivity contribution in [3.05, 3.63) is 23.7 Å². The second kappa shape index (κ2) is 5.83. The summed E-state index contributed by atoms with van der Waals surface area (Å²) in [6.45, 7) is 0.561. The van der Waals surface area contributed by atoms with Crippen LogP contribution in [0.2, 0.25) is 0 Å². The molecule has 0 aromatic carbocycles. The highest BCUT2D eigenvalue weighted by atomic mass is 32.2. The molecular weight excluding hydrogens is 286 g/mol. The molecule has 0 bridgehead atoms. The summed E-state index contributed by atoms with van der Waals surface area (Å²) in [5.74, 6) is 0. The third-order valence-corrected chi connectivity index (χ3v) is 4.78. The molecule has 0 amide bonds. The molecule has 19 heavy (non-hydrogen) atoms. The molecule has 0 saturated heterocycles. The molecule has 104 valence electrons. The molecule has 0 aliphatic heterocycles. The van der Waals surface area contributed by atoms with Gasteiger partial charge in [-0.15, -0.1) is 11.3 Å². The number of hydrogen-bond acceptors (Lipinski definition) is 5. The average Bonchev–Trinajstić information content (AvgIpc) is 2.97. The highest BCUT2D eigenvalue weighted by Gasteiger charge is 2.23. The van der Waals surface area contributed by atoms with E-state index in [1.807, 2.05) is 17.5 Å². The van der Waals surface area contributed by atoms with Gasteiger partial charge in [0.1, 0.15) is 10.6 Å². The molecule has 0 atom stereocenters. The monoisotopic (exact) mass is 301 g/mol. The summed E-state index contributed by atoms with van der Waals surface area (Å²) >= 11 is 1.46. The minimum atomic E-state index is -3.58. The lowest BCUT2D eigenvalue weighted by Gasteiger charge is -2.05. The lowest BCUT2D eigenvalue weighted by atomic mass is 10.3. The largest absolute Gasteiger partial charge is 0.383 e. The van der Waals surface area contributed by atoms with Gasteiger partial charge in [-0.25, -0.2) is 13.1 Å². The Morgan fingerprint density at radius 3 is 2.95 bits per heavy atom. The maximum Gasteiger partial charge on any atom is 0.244 e. The molecule has 0 aliphatic rings. The van der Waals surface area contributed by atoms with Gasteiger partial charge in [0, 0.05) is 26.9 Å². The van der Waals surface area contributed by atoms with E-state index in [9.17, 15) is 8.42 Å². The zero-order valence-electron chi connectivity index (χ0n) is 10.7. The van der Waals surface area contributed by atoms with Gasteiger partial charge in [0.2, 0.25) is 10.0 Å². The van der Waals surface area contributed by atoms with Gasteiger partial charge in [-0.3, -0.25) is 4.68 Å². The lowest BCUT2D eigenvalue weighted by molar-refractivity contribution is 0.204. The summed E-state index contributed by atoms with van der Waals surface area (Å²) in [6.07, 6.45) is 1.50. The first-order valence-corrected chi connectivity index (χ1v) is 7.97. The summed E-state index contributed by atoms with van der Waals surface area (Å²) in [7, 11) is -0.352. The molecule has 0 spiro atoms. The second-order valence-corrected chi connectivity index (χ2v) is 6.57. The van der Waals surface area contributed by atoms with Crippen LogP contribution in [0.4, 0.5) is 0 Å². The number of methoxy groups -OCH3 is 1. The normalized spacial score (nSPS) is 11.9. The predicted octanol–water partition coefficient (Wildman–Crippen LogP) is 1.07. The van der Waals surface area contributed by atoms with E-state index in [1.54, 1.807) is 7.05 Å². The zero-order valence-corrected chi connectivity index (χ0v) is 12.3. The second-order valence-electron chi connectivity index (χ2n) is 3.88. The molecule has 0 saturated carbocycles. The molecule has 0 aliphatic carbocycles. The molecular formula is C11H15N3O3S2. The van der Waals surface area contributed by atoms with E-state index in [-0.39, 0.29) is 11.4 Å². The van der Waals surface area contributed by atoms with E-state index < -0.39 is 10.0 Å². The van der Waals surface area contributed by atoms with E-state index in [0.29, 0.717) is 12.3 Å². The van der Waals surface area contributed by atoms with Crippen molar-refractivity contribution >= 4 is 21.4 Å². The number of aromatic nitrogens is 2. The first-order valence-electron chi connectivity index (χ1n) is 5.60. The Balaban J connectivity index is 2.34. The van der Waals surface area contributed by atoms with Gasteiger partial charge in [-0.1, -0.05) is 6.07 Å². The molecule has 6 nitrogen and oxygen atoms in total. The smallest absolute Gasteiger partial charge is 0.244 e. The SMILES string of the molecule is COCCNS(=O)(=O)c1cn(C)nc1-c1cccs1. The molecule has 2 heterocycles. The van der Waals surface area contributed by atoms with Gasteiger partial charge < -0.3 is 4.74 Å². The van der Waals surface area contributed by atoms with Gasteiger partial charge in [0.15, 0.2) is 0 Å². The van der Waals surface area contributed by atoms with Crippen LogP contribution in [0.5, 0.6) is 0 Å². The van der Waals surface area contributed by atoms with Crippen LogP contribution in [-0.4, -0.2) is 38.5 Å². The van der Waals surface area contributed by atoms with Crippen LogP contribution in [0.3, 0.4) is 0 Å². The number of aryl methyl sites for hydroxylation is 1. The Morgan fingerprint density at radius 1 is 1.53 bits per heavy atom. The number of hydrogen-bond donors (Lipinski definition) is 1. The molecule has 2 rings (SSSR count). The van der Waals surface area contributed by atoms with Gasteiger partial charge in [0.25, 0.3) is 0 Å². The number of thiophene rings is 1. The van der Waals surface area contributed by atoms with Crippen molar-refractivity contribution in [2.24, 2.45) is 7.05 Å². The Hall–Kier alpha value is -1.22. The Kier molecular flexibility index (Phi) is 4.35. The lowest BCUT2D eigenvalue weighted by Crippen LogP contribution is -2.27.